The van der Waals surface area contributed by atoms with Gasteiger partial charge in [-0.3, -0.25) is 4.79 Å². The van der Waals surface area contributed by atoms with Gasteiger partial charge in [0.05, 0.1) is 5.76 Å². The first-order chi connectivity index (χ1) is 18.0. The fourth-order valence-corrected chi connectivity index (χ4v) is 5.32. The minimum Gasteiger partial charge on any atom is -0.512 e. The number of allylic oxidation sites excluding steroid dienone is 2. The molecular weight excluding hydrogens is 689 g/mol. The van der Waals surface area contributed by atoms with E-state index >= 15 is 0 Å². The van der Waals surface area contributed by atoms with E-state index in [0.29, 0.717) is 0 Å². The van der Waals surface area contributed by atoms with Crippen LogP contribution in [0.1, 0.15) is 13.8 Å². The summed E-state index contributed by atoms with van der Waals surface area (Å²) in [5.74, 6) is -0.0625. The van der Waals surface area contributed by atoms with Gasteiger partial charge in [0.2, 0.25) is 0 Å². The molecule has 38 heavy (non-hydrogen) atoms. The van der Waals surface area contributed by atoms with E-state index in [1.807, 2.05) is 60.9 Å². The summed E-state index contributed by atoms with van der Waals surface area (Å²) in [7, 11) is 0. The van der Waals surface area contributed by atoms with E-state index in [1.165, 1.54) is 40.1 Å². The maximum Gasteiger partial charge on any atom is 0.155 e. The van der Waals surface area contributed by atoms with Crippen LogP contribution in [0.2, 0.25) is 0 Å². The Bertz CT molecular complexity index is 1450. The second-order valence-electron chi connectivity index (χ2n) is 7.93. The van der Waals surface area contributed by atoms with Gasteiger partial charge in [-0.25, -0.2) is 22.7 Å². The number of aliphatic hydroxyl groups is 1. The third-order valence-electron chi connectivity index (χ3n) is 4.90. The predicted octanol–water partition coefficient (Wildman–Crippen LogP) is 8.56. The van der Waals surface area contributed by atoms with E-state index in [2.05, 4.69) is 58.5 Å². The maximum absolute atomic E-state index is 10.0. The summed E-state index contributed by atoms with van der Waals surface area (Å²) >= 11 is 3.46. The summed E-state index contributed by atoms with van der Waals surface area (Å²) in [6.45, 7) is 2.85. The molecule has 0 spiro atoms. The fraction of sp³-hybridized carbons (Fsp3) is 0.0645. The van der Waals surface area contributed by atoms with E-state index < -0.39 is 0 Å². The number of benzene rings is 2. The average Bonchev–Trinajstić information content (AvgIpc) is 3.54. The van der Waals surface area contributed by atoms with Crippen molar-refractivity contribution >= 4 is 48.6 Å². The SMILES string of the molecule is CC(=O)/C=C(/C)O.[Ir].[c-]1c(-c2ccccn2)sc2ccccc12.[c-]1c(-c2ccccn2)sc2ccccc12. The second kappa shape index (κ2) is 14.5. The molecule has 0 saturated heterocycles. The first-order valence-corrected chi connectivity index (χ1v) is 13.2. The zero-order valence-electron chi connectivity index (χ0n) is 20.7. The van der Waals surface area contributed by atoms with Gasteiger partial charge in [0.25, 0.3) is 0 Å². The maximum atomic E-state index is 10.0. The predicted molar refractivity (Wildman–Crippen MR) is 155 cm³/mol. The molecule has 4 heterocycles. The van der Waals surface area contributed by atoms with E-state index in [9.17, 15) is 4.79 Å². The number of carbonyl (C=O) groups excluding carboxylic acids is 1. The Kier molecular flexibility index (Phi) is 11.1. The van der Waals surface area contributed by atoms with Crippen molar-refractivity contribution < 1.29 is 30.0 Å². The molecule has 4 nitrogen and oxygen atoms in total. The normalized spacial score (nSPS) is 10.5. The van der Waals surface area contributed by atoms with Crippen LogP contribution in [-0.4, -0.2) is 20.9 Å². The molecule has 0 atom stereocenters. The quantitative estimate of drug-likeness (QED) is 0.114. The Morgan fingerprint density at radius 1 is 0.711 bits per heavy atom. The summed E-state index contributed by atoms with van der Waals surface area (Å²) in [6.07, 6.45) is 4.79. The van der Waals surface area contributed by atoms with E-state index in [4.69, 9.17) is 5.11 Å². The molecule has 0 amide bonds. The van der Waals surface area contributed by atoms with Crippen molar-refractivity contribution in [1.29, 1.82) is 0 Å². The standard InChI is InChI=1S/2C13H8NS.C5H8O2.Ir/c2*1-2-7-12-10(5-1)9-13(15-12)11-6-3-4-8-14-11;1-4(6)3-5(2)7;/h2*1-8H;3,6H,1-2H3;/q2*-1;;/b;;4-3-;. The van der Waals surface area contributed by atoms with Crippen molar-refractivity contribution in [3.05, 3.63) is 121 Å². The van der Waals surface area contributed by atoms with Crippen LogP contribution in [0.15, 0.2) is 109 Å². The monoisotopic (exact) mass is 713 g/mol. The summed E-state index contributed by atoms with van der Waals surface area (Å²) in [6, 6.07) is 35.2. The number of ketones is 1. The Balaban J connectivity index is 0.000000167. The van der Waals surface area contributed by atoms with Crippen LogP contribution in [0.3, 0.4) is 0 Å². The van der Waals surface area contributed by atoms with Gasteiger partial charge in [0.1, 0.15) is 0 Å². The molecule has 4 aromatic heterocycles. The first-order valence-electron chi connectivity index (χ1n) is 11.5. The Labute approximate surface area is 243 Å². The largest absolute Gasteiger partial charge is 0.512 e. The second-order valence-corrected chi connectivity index (χ2v) is 10.0. The fourth-order valence-electron chi connectivity index (χ4n) is 3.35. The van der Waals surface area contributed by atoms with Crippen LogP contribution in [0.4, 0.5) is 0 Å². The molecule has 1 radical (unpaired) electrons. The molecule has 0 aliphatic carbocycles. The first kappa shape index (κ1) is 29.1. The zero-order valence-corrected chi connectivity index (χ0v) is 24.7. The molecule has 0 aliphatic rings. The van der Waals surface area contributed by atoms with Crippen molar-refractivity contribution in [3.8, 4) is 21.1 Å². The summed E-state index contributed by atoms with van der Waals surface area (Å²) in [5, 5.41) is 10.7. The van der Waals surface area contributed by atoms with Crippen LogP contribution >= 0.6 is 22.7 Å². The number of carbonyl (C=O) groups is 1. The number of hydrogen-bond donors (Lipinski definition) is 1. The van der Waals surface area contributed by atoms with E-state index in [-0.39, 0.29) is 31.6 Å². The Hall–Kier alpha value is -3.48. The van der Waals surface area contributed by atoms with E-state index in [1.54, 1.807) is 22.7 Å². The van der Waals surface area contributed by atoms with Crippen molar-refractivity contribution in [2.45, 2.75) is 13.8 Å². The Morgan fingerprint density at radius 2 is 1.13 bits per heavy atom. The summed E-state index contributed by atoms with van der Waals surface area (Å²) in [4.78, 5) is 20.9. The number of fused-ring (bicyclic) bond motifs is 2. The molecule has 7 heteroatoms. The Morgan fingerprint density at radius 3 is 1.45 bits per heavy atom. The third kappa shape index (κ3) is 8.27. The number of aromatic nitrogens is 2. The molecule has 1 N–H and O–H groups in total. The number of nitrogens with zero attached hydrogens (tertiary/aromatic N) is 2. The molecule has 0 fully saturated rings. The number of hydrogen-bond acceptors (Lipinski definition) is 6. The van der Waals surface area contributed by atoms with Gasteiger partial charge in [-0.05, 0) is 45.1 Å². The van der Waals surface area contributed by atoms with Gasteiger partial charge in [0, 0.05) is 50.0 Å². The number of rotatable bonds is 3. The van der Waals surface area contributed by atoms with Crippen LogP contribution in [-0.2, 0) is 24.9 Å². The number of aliphatic hydroxyl groups excluding tert-OH is 1. The third-order valence-corrected chi connectivity index (χ3v) is 7.08. The van der Waals surface area contributed by atoms with Gasteiger partial charge in [0.15, 0.2) is 5.78 Å². The van der Waals surface area contributed by atoms with Crippen LogP contribution in [0.25, 0.3) is 41.3 Å². The smallest absolute Gasteiger partial charge is 0.155 e. The van der Waals surface area contributed by atoms with E-state index in [0.717, 1.165) is 21.1 Å². The molecule has 0 aliphatic heterocycles. The number of thiophene rings is 2. The molecule has 0 saturated carbocycles. The summed E-state index contributed by atoms with van der Waals surface area (Å²) in [5.41, 5.74) is 2.00. The van der Waals surface area contributed by atoms with Gasteiger partial charge in [-0.1, -0.05) is 48.5 Å². The minimum absolute atomic E-state index is 0. The molecule has 0 bridgehead atoms. The van der Waals surface area contributed by atoms with Crippen LogP contribution < -0.4 is 0 Å². The van der Waals surface area contributed by atoms with Crippen molar-refractivity contribution in [2.75, 3.05) is 0 Å². The molecule has 6 rings (SSSR count). The number of pyridine rings is 2. The molecule has 193 valence electrons. The molecular formula is C31H24IrN2O2S2-2. The molecule has 6 aromatic rings. The van der Waals surface area contributed by atoms with Crippen molar-refractivity contribution in [3.63, 3.8) is 0 Å². The van der Waals surface area contributed by atoms with Crippen LogP contribution in [0, 0.1) is 12.1 Å². The summed E-state index contributed by atoms with van der Waals surface area (Å²) < 4.78 is 2.52. The zero-order chi connectivity index (χ0) is 26.0. The molecule has 2 aromatic carbocycles. The topological polar surface area (TPSA) is 63.1 Å². The van der Waals surface area contributed by atoms with Gasteiger partial charge < -0.3 is 15.1 Å². The van der Waals surface area contributed by atoms with Crippen molar-refractivity contribution in [2.24, 2.45) is 0 Å². The minimum atomic E-state index is -0.125. The van der Waals surface area contributed by atoms with Gasteiger partial charge >= 0.3 is 0 Å². The van der Waals surface area contributed by atoms with Crippen LogP contribution in [0.5, 0.6) is 0 Å². The molecule has 0 unspecified atom stereocenters. The van der Waals surface area contributed by atoms with Gasteiger partial charge in [-0.2, -0.15) is 0 Å². The van der Waals surface area contributed by atoms with Crippen molar-refractivity contribution in [1.82, 2.24) is 9.97 Å². The average molecular weight is 713 g/mol. The van der Waals surface area contributed by atoms with Gasteiger partial charge in [-0.15, -0.1) is 47.2 Å².